The van der Waals surface area contributed by atoms with Crippen LogP contribution in [0.1, 0.15) is 22.4 Å². The molecule has 0 unspecified atom stereocenters. The lowest BCUT2D eigenvalue weighted by atomic mass is 10.0. The Morgan fingerprint density at radius 1 is 1.18 bits per heavy atom. The maximum Gasteiger partial charge on any atom is 0.163 e. The number of Topliss-reactive ketones (excluding diaryl/α,β-unsaturated/α-hetero) is 1. The number of benzene rings is 1. The predicted molar refractivity (Wildman–Crippen MR) is 94.5 cm³/mol. The van der Waals surface area contributed by atoms with E-state index in [1.165, 1.54) is 16.0 Å². The monoisotopic (exact) mass is 313 g/mol. The summed E-state index contributed by atoms with van der Waals surface area (Å²) in [4.78, 5) is 13.1. The highest BCUT2D eigenvalue weighted by molar-refractivity contribution is 7.10. The van der Waals surface area contributed by atoms with Crippen molar-refractivity contribution >= 4 is 17.1 Å². The van der Waals surface area contributed by atoms with Crippen molar-refractivity contribution in [2.24, 2.45) is 0 Å². The molecule has 0 radical (unpaired) electrons. The van der Waals surface area contributed by atoms with Gasteiger partial charge in [-0.05, 0) is 49.4 Å². The number of hydrogen-bond donors (Lipinski definition) is 1. The van der Waals surface area contributed by atoms with Gasteiger partial charge in [0, 0.05) is 17.8 Å². The van der Waals surface area contributed by atoms with E-state index in [4.69, 9.17) is 0 Å². The first-order chi connectivity index (χ1) is 10.7. The molecule has 3 rings (SSSR count). The predicted octanol–water partition coefficient (Wildman–Crippen LogP) is 4.08. The average molecular weight is 313 g/mol. The highest BCUT2D eigenvalue weighted by Crippen LogP contribution is 2.19. The summed E-state index contributed by atoms with van der Waals surface area (Å²) in [5, 5.41) is 5.26. The second-order valence-electron chi connectivity index (χ2n) is 5.46. The fourth-order valence-corrected chi connectivity index (χ4v) is 3.16. The van der Waals surface area contributed by atoms with Crippen LogP contribution in [0.5, 0.6) is 0 Å². The molecule has 0 amide bonds. The maximum atomic E-state index is 11.9. The van der Waals surface area contributed by atoms with Gasteiger partial charge in [-0.3, -0.25) is 4.79 Å². The van der Waals surface area contributed by atoms with Gasteiger partial charge in [-0.15, -0.1) is 11.3 Å². The van der Waals surface area contributed by atoms with E-state index in [0.717, 1.165) is 25.1 Å². The molecular formula is C19H23NOS. The van der Waals surface area contributed by atoms with E-state index in [1.807, 2.05) is 24.3 Å². The van der Waals surface area contributed by atoms with Crippen molar-refractivity contribution in [3.63, 3.8) is 0 Å². The summed E-state index contributed by atoms with van der Waals surface area (Å²) in [6.45, 7) is 5.92. The Kier molecular flexibility index (Phi) is 6.56. The summed E-state index contributed by atoms with van der Waals surface area (Å²) >= 11 is 1.68. The van der Waals surface area contributed by atoms with Gasteiger partial charge < -0.3 is 5.32 Å². The first-order valence-corrected chi connectivity index (χ1v) is 8.52. The molecule has 2 aromatic rings. The largest absolute Gasteiger partial charge is 0.313 e. The zero-order valence-electron chi connectivity index (χ0n) is 13.3. The summed E-state index contributed by atoms with van der Waals surface area (Å²) in [7, 11) is 0. The Morgan fingerprint density at radius 2 is 1.95 bits per heavy atom. The second kappa shape index (κ2) is 8.66. The average Bonchev–Trinajstić information content (AvgIpc) is 2.95. The van der Waals surface area contributed by atoms with Crippen molar-refractivity contribution in [2.75, 3.05) is 13.1 Å². The summed E-state index contributed by atoms with van der Waals surface area (Å²) < 4.78 is 0. The molecular weight excluding hydrogens is 290 g/mol. The van der Waals surface area contributed by atoms with Crippen LogP contribution in [0.25, 0.3) is 0 Å². The van der Waals surface area contributed by atoms with Crippen LogP contribution in [0.3, 0.4) is 0 Å². The Balaban J connectivity index is 0.000000211. The van der Waals surface area contributed by atoms with Crippen molar-refractivity contribution in [1.82, 2.24) is 5.32 Å². The summed E-state index contributed by atoms with van der Waals surface area (Å²) in [5.74, 6) is 0.294. The van der Waals surface area contributed by atoms with Gasteiger partial charge in [0.2, 0.25) is 0 Å². The fourth-order valence-electron chi connectivity index (χ4n) is 2.25. The minimum absolute atomic E-state index is 0.294. The Bertz CT molecular complexity index is 628. The van der Waals surface area contributed by atoms with E-state index in [-0.39, 0.29) is 0 Å². The minimum atomic E-state index is 0.294. The van der Waals surface area contributed by atoms with Gasteiger partial charge in [0.1, 0.15) is 0 Å². The van der Waals surface area contributed by atoms with Crippen LogP contribution in [0, 0.1) is 13.8 Å². The second-order valence-corrected chi connectivity index (χ2v) is 6.47. The Labute approximate surface area is 136 Å². The number of thiophene rings is 1. The first-order valence-electron chi connectivity index (χ1n) is 7.64. The number of aryl methyl sites for hydroxylation is 2. The summed E-state index contributed by atoms with van der Waals surface area (Å²) in [6.07, 6.45) is 3.48. The third-order valence-electron chi connectivity index (χ3n) is 3.65. The molecule has 1 N–H and O–H groups in total. The van der Waals surface area contributed by atoms with Crippen molar-refractivity contribution in [2.45, 2.75) is 26.7 Å². The van der Waals surface area contributed by atoms with Gasteiger partial charge >= 0.3 is 0 Å². The molecule has 0 aliphatic carbocycles. The summed E-state index contributed by atoms with van der Waals surface area (Å²) in [6, 6.07) is 12.3. The molecule has 2 heterocycles. The zero-order chi connectivity index (χ0) is 15.8. The fraction of sp³-hybridized carbons (Fsp3) is 0.316. The third kappa shape index (κ3) is 5.24. The highest BCUT2D eigenvalue weighted by Gasteiger charge is 2.13. The number of carbonyl (C=O) groups excluding carboxylic acids is 1. The Morgan fingerprint density at radius 3 is 2.45 bits per heavy atom. The number of nitrogens with one attached hydrogen (secondary N) is 1. The van der Waals surface area contributed by atoms with Crippen molar-refractivity contribution in [3.8, 4) is 0 Å². The number of rotatable bonds is 3. The van der Waals surface area contributed by atoms with Crippen LogP contribution in [-0.2, 0) is 11.2 Å². The lowest BCUT2D eigenvalue weighted by Crippen LogP contribution is -2.24. The molecule has 2 nitrogen and oxygen atoms in total. The molecule has 116 valence electrons. The van der Waals surface area contributed by atoms with E-state index in [0.29, 0.717) is 12.2 Å². The van der Waals surface area contributed by atoms with Crippen molar-refractivity contribution in [3.05, 3.63) is 69.4 Å². The SMILES string of the molecule is Cc1ccccc1.Cc1ccsc1CC(=O)C1=CCNCC1. The third-order valence-corrected chi connectivity index (χ3v) is 4.67. The Hall–Kier alpha value is -1.71. The van der Waals surface area contributed by atoms with Crippen LogP contribution in [0.15, 0.2) is 53.4 Å². The van der Waals surface area contributed by atoms with Crippen LogP contribution in [0.4, 0.5) is 0 Å². The lowest BCUT2D eigenvalue weighted by molar-refractivity contribution is -0.115. The van der Waals surface area contributed by atoms with Gasteiger partial charge in [0.25, 0.3) is 0 Å². The molecule has 1 aromatic carbocycles. The van der Waals surface area contributed by atoms with Gasteiger partial charge in [-0.2, -0.15) is 0 Å². The molecule has 22 heavy (non-hydrogen) atoms. The molecule has 0 saturated carbocycles. The topological polar surface area (TPSA) is 29.1 Å². The van der Waals surface area contributed by atoms with E-state index >= 15 is 0 Å². The van der Waals surface area contributed by atoms with Gasteiger partial charge in [-0.25, -0.2) is 0 Å². The van der Waals surface area contributed by atoms with E-state index in [2.05, 4.69) is 42.7 Å². The van der Waals surface area contributed by atoms with E-state index in [9.17, 15) is 4.79 Å². The van der Waals surface area contributed by atoms with Crippen LogP contribution < -0.4 is 5.32 Å². The van der Waals surface area contributed by atoms with Crippen molar-refractivity contribution in [1.29, 1.82) is 0 Å². The van der Waals surface area contributed by atoms with Gasteiger partial charge in [0.15, 0.2) is 5.78 Å². The molecule has 1 aliphatic rings. The standard InChI is InChI=1S/C12H15NOS.C7H8/c1-9-4-7-15-12(9)8-11(14)10-2-5-13-6-3-10;1-7-5-3-2-4-6-7/h2,4,7,13H,3,5-6,8H2,1H3;2-6H,1H3. The highest BCUT2D eigenvalue weighted by atomic mass is 32.1. The number of hydrogen-bond acceptors (Lipinski definition) is 3. The lowest BCUT2D eigenvalue weighted by Gasteiger charge is -2.12. The molecule has 0 atom stereocenters. The minimum Gasteiger partial charge on any atom is -0.313 e. The first kappa shape index (κ1) is 16.7. The number of carbonyl (C=O) groups is 1. The molecule has 0 saturated heterocycles. The molecule has 1 aliphatic heterocycles. The van der Waals surface area contributed by atoms with Crippen LogP contribution in [-0.4, -0.2) is 18.9 Å². The van der Waals surface area contributed by atoms with E-state index in [1.54, 1.807) is 11.3 Å². The normalized spacial score (nSPS) is 13.8. The summed E-state index contributed by atoms with van der Waals surface area (Å²) in [5.41, 5.74) is 3.56. The van der Waals surface area contributed by atoms with Gasteiger partial charge in [0.05, 0.1) is 0 Å². The molecule has 0 fully saturated rings. The molecule has 0 bridgehead atoms. The van der Waals surface area contributed by atoms with E-state index < -0.39 is 0 Å². The zero-order valence-corrected chi connectivity index (χ0v) is 14.1. The maximum absolute atomic E-state index is 11.9. The molecule has 3 heteroatoms. The van der Waals surface area contributed by atoms with Crippen LogP contribution >= 0.6 is 11.3 Å². The molecule has 0 spiro atoms. The smallest absolute Gasteiger partial charge is 0.163 e. The molecule has 1 aromatic heterocycles. The van der Waals surface area contributed by atoms with Gasteiger partial charge in [-0.1, -0.05) is 42.0 Å². The quantitative estimate of drug-likeness (QED) is 0.925. The number of ketones is 1. The van der Waals surface area contributed by atoms with Crippen LogP contribution in [0.2, 0.25) is 0 Å². The van der Waals surface area contributed by atoms with Crippen molar-refractivity contribution < 1.29 is 4.79 Å².